The van der Waals surface area contributed by atoms with Gasteiger partial charge in [0.1, 0.15) is 0 Å². The van der Waals surface area contributed by atoms with E-state index in [4.69, 9.17) is 18.8 Å². The molecule has 0 aliphatic heterocycles. The number of rotatable bonds is 15. The Morgan fingerprint density at radius 3 is 1.49 bits per heavy atom. The van der Waals surface area contributed by atoms with E-state index in [9.17, 15) is 0 Å². The molecular formula is C32H53N3O2Si2. The van der Waals surface area contributed by atoms with Gasteiger partial charge >= 0.3 is 0 Å². The van der Waals surface area contributed by atoms with Crippen LogP contribution in [0.2, 0.25) is 39.3 Å². The molecule has 0 radical (unpaired) electrons. The molecule has 5 nitrogen and oxygen atoms in total. The molecule has 0 heterocycles. The van der Waals surface area contributed by atoms with Crippen molar-refractivity contribution in [2.75, 3.05) is 32.8 Å². The number of aryl methyl sites for hydroxylation is 4. The minimum atomic E-state index is -1.54. The van der Waals surface area contributed by atoms with Crippen molar-refractivity contribution in [2.45, 2.75) is 86.7 Å². The molecule has 7 heteroatoms. The van der Waals surface area contributed by atoms with E-state index < -0.39 is 16.6 Å². The molecule has 0 aliphatic carbocycles. The summed E-state index contributed by atoms with van der Waals surface area (Å²) in [6.07, 6.45) is 1.87. The maximum Gasteiger partial charge on any atom is 0.183 e. The van der Waals surface area contributed by atoms with Crippen molar-refractivity contribution in [1.82, 2.24) is 4.90 Å². The lowest BCUT2D eigenvalue weighted by Gasteiger charge is -2.26. The van der Waals surface area contributed by atoms with Crippen LogP contribution in [-0.4, -0.2) is 65.8 Å². The molecule has 0 saturated carbocycles. The van der Waals surface area contributed by atoms with Gasteiger partial charge in [0.2, 0.25) is 0 Å². The van der Waals surface area contributed by atoms with Crippen LogP contribution in [0.15, 0.2) is 46.4 Å². The Labute approximate surface area is 241 Å². The van der Waals surface area contributed by atoms with E-state index in [1.165, 1.54) is 22.3 Å². The molecule has 0 fully saturated rings. The summed E-state index contributed by atoms with van der Waals surface area (Å²) < 4.78 is 12.4. The predicted octanol–water partition coefficient (Wildman–Crippen LogP) is 8.57. The smallest absolute Gasteiger partial charge is 0.183 e. The van der Waals surface area contributed by atoms with Crippen LogP contribution in [0.25, 0.3) is 0 Å². The third kappa shape index (κ3) is 12.4. The molecule has 0 aromatic heterocycles. The molecule has 0 atom stereocenters. The minimum Gasteiger partial charge on any atom is -0.416 e. The number of aliphatic imine (C=N–C) groups is 2. The number of hydrogen-bond acceptors (Lipinski definition) is 5. The zero-order valence-corrected chi connectivity index (χ0v) is 28.6. The standard InChI is InChI=1S/C32H53N3O2Si2/c1-25-15-12-16-26(2)31(25)33-29(5)30(34-32-27(3)17-13-18-28(32)4)19-14-20-35(21-23-36-38(6,7)8)22-24-37-39(9,10)11/h12-13,15-18H,14,19-24H2,1-11H3. The summed E-state index contributed by atoms with van der Waals surface area (Å²) in [5.41, 5.74) is 8.94. The molecule has 0 unspecified atom stereocenters. The largest absolute Gasteiger partial charge is 0.416 e. The zero-order chi connectivity index (χ0) is 29.2. The highest BCUT2D eigenvalue weighted by Gasteiger charge is 2.18. The lowest BCUT2D eigenvalue weighted by molar-refractivity contribution is 0.171. The Kier molecular flexibility index (Phi) is 13.0. The molecule has 0 bridgehead atoms. The monoisotopic (exact) mass is 567 g/mol. The minimum absolute atomic E-state index is 0.777. The maximum atomic E-state index is 6.19. The van der Waals surface area contributed by atoms with Crippen LogP contribution < -0.4 is 0 Å². The van der Waals surface area contributed by atoms with Gasteiger partial charge in [-0.2, -0.15) is 0 Å². The molecule has 0 N–H and O–H groups in total. The van der Waals surface area contributed by atoms with Crippen molar-refractivity contribution in [1.29, 1.82) is 0 Å². The topological polar surface area (TPSA) is 46.4 Å². The second-order valence-corrected chi connectivity index (χ2v) is 21.6. The first-order chi connectivity index (χ1) is 18.2. The van der Waals surface area contributed by atoms with E-state index in [-0.39, 0.29) is 0 Å². The number of para-hydroxylation sites is 2. The quantitative estimate of drug-likeness (QED) is 0.160. The maximum absolute atomic E-state index is 6.19. The van der Waals surface area contributed by atoms with Crippen LogP contribution in [0.1, 0.15) is 42.0 Å². The molecule has 216 valence electrons. The predicted molar refractivity (Wildman–Crippen MR) is 176 cm³/mol. The number of hydrogen-bond donors (Lipinski definition) is 0. The molecule has 0 saturated heterocycles. The van der Waals surface area contributed by atoms with Crippen molar-refractivity contribution in [3.8, 4) is 0 Å². The van der Waals surface area contributed by atoms with Crippen LogP contribution in [-0.2, 0) is 8.85 Å². The van der Waals surface area contributed by atoms with Gasteiger partial charge in [-0.05, 0) is 116 Å². The van der Waals surface area contributed by atoms with E-state index in [1.807, 2.05) is 0 Å². The van der Waals surface area contributed by atoms with Crippen molar-refractivity contribution in [2.24, 2.45) is 9.98 Å². The van der Waals surface area contributed by atoms with Gasteiger partial charge in [0.15, 0.2) is 16.6 Å². The average Bonchev–Trinajstić information content (AvgIpc) is 2.80. The highest BCUT2D eigenvalue weighted by atomic mass is 28.4. The zero-order valence-electron chi connectivity index (χ0n) is 26.6. The lowest BCUT2D eigenvalue weighted by Crippen LogP contribution is -2.37. The Hall–Kier alpha value is -1.91. The molecule has 0 amide bonds. The van der Waals surface area contributed by atoms with Crippen LogP contribution in [0.5, 0.6) is 0 Å². The molecule has 2 aromatic carbocycles. The van der Waals surface area contributed by atoms with Gasteiger partial charge in [0.25, 0.3) is 0 Å². The van der Waals surface area contributed by atoms with Crippen LogP contribution in [0, 0.1) is 27.7 Å². The summed E-state index contributed by atoms with van der Waals surface area (Å²) >= 11 is 0. The second kappa shape index (κ2) is 15.2. The van der Waals surface area contributed by atoms with Crippen molar-refractivity contribution in [3.05, 3.63) is 58.7 Å². The first-order valence-corrected chi connectivity index (χ1v) is 21.2. The summed E-state index contributed by atoms with van der Waals surface area (Å²) in [4.78, 5) is 12.8. The first-order valence-electron chi connectivity index (χ1n) is 14.4. The van der Waals surface area contributed by atoms with E-state index in [0.29, 0.717) is 0 Å². The van der Waals surface area contributed by atoms with Gasteiger partial charge in [-0.1, -0.05) is 36.4 Å². The third-order valence-electron chi connectivity index (χ3n) is 6.60. The van der Waals surface area contributed by atoms with Gasteiger partial charge in [0, 0.05) is 26.3 Å². The summed E-state index contributed by atoms with van der Waals surface area (Å²) in [7, 11) is -3.07. The van der Waals surface area contributed by atoms with Crippen LogP contribution >= 0.6 is 0 Å². The van der Waals surface area contributed by atoms with E-state index in [1.54, 1.807) is 0 Å². The summed E-state index contributed by atoms with van der Waals surface area (Å²) in [5, 5.41) is 0. The fourth-order valence-electron chi connectivity index (χ4n) is 4.42. The lowest BCUT2D eigenvalue weighted by atomic mass is 10.1. The average molecular weight is 568 g/mol. The van der Waals surface area contributed by atoms with E-state index in [2.05, 4.69) is 115 Å². The first kappa shape index (κ1) is 33.3. The van der Waals surface area contributed by atoms with Crippen LogP contribution in [0.3, 0.4) is 0 Å². The van der Waals surface area contributed by atoms with Crippen molar-refractivity contribution >= 4 is 39.4 Å². The molecule has 2 rings (SSSR count). The van der Waals surface area contributed by atoms with Crippen LogP contribution in [0.4, 0.5) is 11.4 Å². The molecule has 0 spiro atoms. The molecule has 0 aliphatic rings. The van der Waals surface area contributed by atoms with E-state index in [0.717, 1.165) is 68.5 Å². The third-order valence-corrected chi connectivity index (χ3v) is 8.74. The van der Waals surface area contributed by atoms with Crippen molar-refractivity contribution < 1.29 is 8.85 Å². The highest BCUT2D eigenvalue weighted by Crippen LogP contribution is 2.26. The van der Waals surface area contributed by atoms with Gasteiger partial charge in [-0.3, -0.25) is 14.9 Å². The molecular weight excluding hydrogens is 515 g/mol. The van der Waals surface area contributed by atoms with Crippen molar-refractivity contribution in [3.63, 3.8) is 0 Å². The van der Waals surface area contributed by atoms with Gasteiger partial charge in [0.05, 0.1) is 22.8 Å². The summed E-state index contributed by atoms with van der Waals surface area (Å²) in [6.45, 7) is 28.5. The second-order valence-electron chi connectivity index (χ2n) is 12.6. The summed E-state index contributed by atoms with van der Waals surface area (Å²) in [6, 6.07) is 12.7. The molecule has 2 aromatic rings. The van der Waals surface area contributed by atoms with E-state index >= 15 is 0 Å². The highest BCUT2D eigenvalue weighted by molar-refractivity contribution is 6.70. The number of nitrogens with zero attached hydrogens (tertiary/aromatic N) is 3. The fraction of sp³-hybridized carbons (Fsp3) is 0.562. The Morgan fingerprint density at radius 2 is 1.08 bits per heavy atom. The van der Waals surface area contributed by atoms with Gasteiger partial charge < -0.3 is 8.85 Å². The SMILES string of the molecule is CC(=Nc1c(C)cccc1C)C(CCCN(CCO[Si](C)(C)C)CCO[Si](C)(C)C)=Nc1c(C)cccc1C. The Balaban J connectivity index is 2.26. The Bertz CT molecular complexity index is 1070. The molecule has 39 heavy (non-hydrogen) atoms. The summed E-state index contributed by atoms with van der Waals surface area (Å²) in [5.74, 6) is 0. The van der Waals surface area contributed by atoms with Gasteiger partial charge in [-0.25, -0.2) is 0 Å². The van der Waals surface area contributed by atoms with Gasteiger partial charge in [-0.15, -0.1) is 0 Å². The Morgan fingerprint density at radius 1 is 0.667 bits per heavy atom. The number of benzene rings is 2. The normalized spacial score (nSPS) is 13.4. The fourth-order valence-corrected chi connectivity index (χ4v) is 5.82.